The number of carbonyl (C=O) groups excluding carboxylic acids is 5. The van der Waals surface area contributed by atoms with Gasteiger partial charge in [0.1, 0.15) is 55.4 Å². The summed E-state index contributed by atoms with van der Waals surface area (Å²) in [7, 11) is 1.37. The predicted octanol–water partition coefficient (Wildman–Crippen LogP) is 5.43. The smallest absolute Gasteiger partial charge is 0.303 e. The van der Waals surface area contributed by atoms with Gasteiger partial charge in [-0.2, -0.15) is 0 Å². The largest absolute Gasteiger partial charge is 0.463 e. The van der Waals surface area contributed by atoms with Crippen LogP contribution in [0.1, 0.15) is 63.8 Å². The quantitative estimate of drug-likeness (QED) is 0.0681. The molecule has 20 heteroatoms. The van der Waals surface area contributed by atoms with Crippen LogP contribution in [0.5, 0.6) is 0 Å². The molecular weight excluding hydrogens is 1000 g/mol. The van der Waals surface area contributed by atoms with Crippen LogP contribution in [0.15, 0.2) is 121 Å². The first-order valence-corrected chi connectivity index (χ1v) is 25.5. The molecule has 0 aliphatic carbocycles. The summed E-state index contributed by atoms with van der Waals surface area (Å²) in [6.45, 7) is 7.49. The summed E-state index contributed by atoms with van der Waals surface area (Å²) >= 11 is 0. The summed E-state index contributed by atoms with van der Waals surface area (Å²) in [4.78, 5) is 64.2. The maximum Gasteiger partial charge on any atom is 0.303 e. The monoisotopic (exact) mass is 1070 g/mol. The van der Waals surface area contributed by atoms with Gasteiger partial charge in [0.25, 0.3) is 0 Å². The molecule has 7 rings (SSSR count). The third kappa shape index (κ3) is 16.9. The molecule has 0 bridgehead atoms. The summed E-state index contributed by atoms with van der Waals surface area (Å²) in [6, 6.07) is 37.0. The molecule has 0 spiro atoms. The van der Waals surface area contributed by atoms with Gasteiger partial charge in [-0.15, -0.1) is 0 Å². The van der Waals surface area contributed by atoms with Crippen LogP contribution in [0.3, 0.4) is 0 Å². The van der Waals surface area contributed by atoms with E-state index in [-0.39, 0.29) is 33.0 Å². The Hall–Kier alpha value is -6.17. The molecular formula is C57H69NO19. The minimum absolute atomic E-state index is 0.0788. The first-order valence-electron chi connectivity index (χ1n) is 25.5. The zero-order chi connectivity index (χ0) is 54.8. The molecule has 3 saturated heterocycles. The molecule has 4 aromatic carbocycles. The topological polar surface area (TPSA) is 227 Å². The summed E-state index contributed by atoms with van der Waals surface area (Å²) in [5, 5.41) is 2.89. The van der Waals surface area contributed by atoms with Gasteiger partial charge in [0.2, 0.25) is 5.91 Å². The maximum atomic E-state index is 13.3. The Morgan fingerprint density at radius 1 is 0.442 bits per heavy atom. The van der Waals surface area contributed by atoms with Crippen molar-refractivity contribution in [2.45, 2.75) is 160 Å². The van der Waals surface area contributed by atoms with E-state index in [9.17, 15) is 24.0 Å². The standard InChI is InChI=1S/C57H69NO19/c1-34-47(67-29-41-22-14-9-15-23-41)51(68-30-42-24-16-10-17-25-42)53(69-31-43-26-18-11-19-27-43)56(70-34)76-48-44(32-65-28-40-20-12-8-13-21-40)74-55(64-7)46(58-35(2)59)50(48)77-57-54(73-39(6)63)52(72-38(5)62)49(71-37(4)61)45(75-57)33-66-36(3)60/h8-27,34,44-57H,28-33H2,1-7H3,(H,58,59)/t34-,44+,45-,46+,47-,48+,49-,50+,51-,52-,53-,54+,55-,56-,57+/m0/s1. The zero-order valence-corrected chi connectivity index (χ0v) is 44.2. The highest BCUT2D eigenvalue weighted by Gasteiger charge is 2.58. The lowest BCUT2D eigenvalue weighted by Gasteiger charge is -2.51. The predicted molar refractivity (Wildman–Crippen MR) is 270 cm³/mol. The van der Waals surface area contributed by atoms with E-state index in [0.717, 1.165) is 49.9 Å². The van der Waals surface area contributed by atoms with Crippen molar-refractivity contribution in [2.75, 3.05) is 20.3 Å². The van der Waals surface area contributed by atoms with E-state index in [1.807, 2.05) is 128 Å². The number of ether oxygens (including phenoxy) is 14. The number of nitrogens with one attached hydrogen (secondary N) is 1. The molecule has 416 valence electrons. The molecule has 0 saturated carbocycles. The first kappa shape index (κ1) is 58.5. The van der Waals surface area contributed by atoms with Gasteiger partial charge >= 0.3 is 23.9 Å². The molecule has 3 heterocycles. The number of carbonyl (C=O) groups is 5. The Balaban J connectivity index is 1.34. The highest BCUT2D eigenvalue weighted by molar-refractivity contribution is 5.73. The maximum absolute atomic E-state index is 13.3. The van der Waals surface area contributed by atoms with Crippen molar-refractivity contribution in [3.63, 3.8) is 0 Å². The van der Waals surface area contributed by atoms with Crippen molar-refractivity contribution in [1.82, 2.24) is 5.32 Å². The Bertz CT molecular complexity index is 2470. The van der Waals surface area contributed by atoms with Crippen LogP contribution in [0.25, 0.3) is 0 Å². The van der Waals surface area contributed by atoms with Crippen LogP contribution in [0.2, 0.25) is 0 Å². The number of esters is 4. The van der Waals surface area contributed by atoms with E-state index in [1.54, 1.807) is 0 Å². The molecule has 20 nitrogen and oxygen atoms in total. The number of rotatable bonds is 24. The Morgan fingerprint density at radius 2 is 0.870 bits per heavy atom. The van der Waals surface area contributed by atoms with Crippen LogP contribution >= 0.6 is 0 Å². The lowest BCUT2D eigenvalue weighted by molar-refractivity contribution is -0.378. The van der Waals surface area contributed by atoms with Crippen LogP contribution < -0.4 is 5.32 Å². The van der Waals surface area contributed by atoms with E-state index in [2.05, 4.69) is 5.32 Å². The molecule has 77 heavy (non-hydrogen) atoms. The van der Waals surface area contributed by atoms with Gasteiger partial charge in [0.05, 0.1) is 39.1 Å². The zero-order valence-electron chi connectivity index (χ0n) is 44.2. The molecule has 1 N–H and O–H groups in total. The number of amides is 1. The Labute approximate surface area is 448 Å². The molecule has 3 aliphatic rings. The van der Waals surface area contributed by atoms with Gasteiger partial charge in [-0.3, -0.25) is 24.0 Å². The van der Waals surface area contributed by atoms with Crippen molar-refractivity contribution in [3.05, 3.63) is 144 Å². The highest BCUT2D eigenvalue weighted by atomic mass is 16.8. The minimum atomic E-state index is -1.75. The Kier molecular flexibility index (Phi) is 22.0. The third-order valence-electron chi connectivity index (χ3n) is 12.8. The first-order chi connectivity index (χ1) is 37.2. The van der Waals surface area contributed by atoms with E-state index in [4.69, 9.17) is 66.3 Å². The lowest BCUT2D eigenvalue weighted by Crippen LogP contribution is -2.70. The normalized spacial score (nSPS) is 29.1. The molecule has 1 amide bonds. The van der Waals surface area contributed by atoms with Gasteiger partial charge in [-0.25, -0.2) is 0 Å². The Morgan fingerprint density at radius 3 is 1.36 bits per heavy atom. The van der Waals surface area contributed by atoms with Crippen molar-refractivity contribution >= 4 is 29.8 Å². The van der Waals surface area contributed by atoms with Crippen LogP contribution in [-0.2, 0) is 117 Å². The average molecular weight is 1070 g/mol. The van der Waals surface area contributed by atoms with Crippen LogP contribution in [0, 0.1) is 0 Å². The second-order valence-electron chi connectivity index (χ2n) is 18.8. The van der Waals surface area contributed by atoms with Crippen molar-refractivity contribution in [2.24, 2.45) is 0 Å². The fourth-order valence-electron chi connectivity index (χ4n) is 9.41. The second-order valence-corrected chi connectivity index (χ2v) is 18.8. The fourth-order valence-corrected chi connectivity index (χ4v) is 9.41. The SMILES string of the molecule is CO[C@H]1O[C@H](COCc2ccccc2)[C@@H](O[C@@H]2O[C@@H](C)[C@H](OCc3ccccc3)[C@H](OCc3ccccc3)[C@@H]2OCc2ccccc2)[C@H](O[C@H]2O[C@@H](COC(C)=O)[C@H](OC(C)=O)[C@H](OC(C)=O)[C@H]2OC(C)=O)[C@H]1NC(C)=O. The summed E-state index contributed by atoms with van der Waals surface area (Å²) in [6.07, 6.45) is -17.8. The number of hydrogen-bond acceptors (Lipinski definition) is 19. The summed E-state index contributed by atoms with van der Waals surface area (Å²) in [5.74, 6) is -3.78. The number of methoxy groups -OCH3 is 1. The van der Waals surface area contributed by atoms with Crippen molar-refractivity contribution in [1.29, 1.82) is 0 Å². The van der Waals surface area contributed by atoms with E-state index in [1.165, 1.54) is 14.0 Å². The lowest BCUT2D eigenvalue weighted by atomic mass is 9.94. The van der Waals surface area contributed by atoms with Gasteiger partial charge in [-0.05, 0) is 29.2 Å². The van der Waals surface area contributed by atoms with E-state index < -0.39 is 128 Å². The average Bonchev–Trinajstić information content (AvgIpc) is 3.41. The van der Waals surface area contributed by atoms with Crippen molar-refractivity contribution < 1.29 is 90.3 Å². The van der Waals surface area contributed by atoms with Gasteiger partial charge in [0, 0.05) is 41.7 Å². The molecule has 0 aromatic heterocycles. The number of hydrogen-bond donors (Lipinski definition) is 1. The summed E-state index contributed by atoms with van der Waals surface area (Å²) in [5.41, 5.74) is 3.48. The molecule has 0 unspecified atom stereocenters. The van der Waals surface area contributed by atoms with Crippen LogP contribution in [0.4, 0.5) is 0 Å². The fraction of sp³-hybridized carbons (Fsp3) is 0.491. The van der Waals surface area contributed by atoms with Gasteiger partial charge in [0.15, 0.2) is 37.2 Å². The summed E-state index contributed by atoms with van der Waals surface area (Å²) < 4.78 is 89.7. The van der Waals surface area contributed by atoms with E-state index in [0.29, 0.717) is 0 Å². The molecule has 0 radical (unpaired) electrons. The molecule has 4 aromatic rings. The van der Waals surface area contributed by atoms with Crippen LogP contribution in [-0.4, -0.2) is 142 Å². The van der Waals surface area contributed by atoms with Gasteiger partial charge in [-0.1, -0.05) is 121 Å². The molecule has 3 fully saturated rings. The molecule has 3 aliphatic heterocycles. The van der Waals surface area contributed by atoms with E-state index >= 15 is 0 Å². The number of benzene rings is 4. The van der Waals surface area contributed by atoms with Gasteiger partial charge < -0.3 is 71.6 Å². The second kappa shape index (κ2) is 29.0. The third-order valence-corrected chi connectivity index (χ3v) is 12.8. The minimum Gasteiger partial charge on any atom is -0.463 e. The van der Waals surface area contributed by atoms with Crippen molar-refractivity contribution in [3.8, 4) is 0 Å². The molecule has 15 atom stereocenters. The highest BCUT2D eigenvalue weighted by Crippen LogP contribution is 2.38.